The van der Waals surface area contributed by atoms with Crippen LogP contribution in [0.1, 0.15) is 38.6 Å². The first-order valence-electron chi connectivity index (χ1n) is 6.68. The van der Waals surface area contributed by atoms with Gasteiger partial charge < -0.3 is 10.1 Å². The Bertz CT molecular complexity index is 395. The predicted molar refractivity (Wildman–Crippen MR) is 78.4 cm³/mol. The molecule has 0 amide bonds. The summed E-state index contributed by atoms with van der Waals surface area (Å²) in [6.07, 6.45) is 0.599. The summed E-state index contributed by atoms with van der Waals surface area (Å²) in [7, 11) is 0. The molecular formula is C14H22ClNOS. The lowest BCUT2D eigenvalue weighted by Crippen LogP contribution is -2.34. The Morgan fingerprint density at radius 3 is 2.56 bits per heavy atom. The van der Waals surface area contributed by atoms with Crippen molar-refractivity contribution in [1.29, 1.82) is 0 Å². The number of halogens is 1. The van der Waals surface area contributed by atoms with Crippen LogP contribution in [-0.4, -0.2) is 18.8 Å². The Labute approximate surface area is 119 Å². The van der Waals surface area contributed by atoms with E-state index in [-0.39, 0.29) is 6.10 Å². The second-order valence-corrected chi connectivity index (χ2v) is 6.51. The summed E-state index contributed by atoms with van der Waals surface area (Å²) in [5.41, 5.74) is 0. The quantitative estimate of drug-likeness (QED) is 0.900. The van der Waals surface area contributed by atoms with Crippen LogP contribution in [0.15, 0.2) is 11.4 Å². The van der Waals surface area contributed by atoms with E-state index in [1.165, 1.54) is 4.88 Å². The van der Waals surface area contributed by atoms with Gasteiger partial charge in [-0.2, -0.15) is 0 Å². The van der Waals surface area contributed by atoms with Gasteiger partial charge in [0.25, 0.3) is 0 Å². The minimum Gasteiger partial charge on any atom is -0.375 e. The topological polar surface area (TPSA) is 21.3 Å². The summed E-state index contributed by atoms with van der Waals surface area (Å²) in [5, 5.41) is 6.54. The molecule has 5 atom stereocenters. The second kappa shape index (κ2) is 5.91. The van der Waals surface area contributed by atoms with E-state index in [1.807, 2.05) is 6.07 Å². The average molecular weight is 288 g/mol. The van der Waals surface area contributed by atoms with E-state index < -0.39 is 0 Å². The van der Waals surface area contributed by atoms with Crippen molar-refractivity contribution in [3.63, 3.8) is 0 Å². The number of rotatable bonds is 4. The molecule has 102 valence electrons. The SMILES string of the molecule is CCNC(c1sccc1Cl)C1C(C)OC(C)C1C. The van der Waals surface area contributed by atoms with Gasteiger partial charge in [-0.25, -0.2) is 0 Å². The van der Waals surface area contributed by atoms with Crippen LogP contribution >= 0.6 is 22.9 Å². The summed E-state index contributed by atoms with van der Waals surface area (Å²) in [4.78, 5) is 1.25. The molecule has 0 aromatic carbocycles. The highest BCUT2D eigenvalue weighted by atomic mass is 35.5. The summed E-state index contributed by atoms with van der Waals surface area (Å²) in [6, 6.07) is 2.29. The standard InChI is InChI=1S/C14H22ClNOS/c1-5-16-13(14-11(15)6-7-18-14)12-8(2)9(3)17-10(12)4/h6-10,12-13,16H,5H2,1-4H3. The summed E-state index contributed by atoms with van der Waals surface area (Å²) in [5.74, 6) is 1.03. The van der Waals surface area contributed by atoms with Gasteiger partial charge in [0.15, 0.2) is 0 Å². The van der Waals surface area contributed by atoms with Gasteiger partial charge in [-0.15, -0.1) is 11.3 Å². The van der Waals surface area contributed by atoms with Gasteiger partial charge in [0.1, 0.15) is 0 Å². The Kier molecular flexibility index (Phi) is 4.70. The van der Waals surface area contributed by atoms with Crippen molar-refractivity contribution in [2.24, 2.45) is 11.8 Å². The average Bonchev–Trinajstić information content (AvgIpc) is 2.83. The molecule has 0 spiro atoms. The first-order chi connectivity index (χ1) is 8.56. The third-order valence-electron chi connectivity index (χ3n) is 4.06. The summed E-state index contributed by atoms with van der Waals surface area (Å²) in [6.45, 7) is 9.72. The lowest BCUT2D eigenvalue weighted by Gasteiger charge is -2.29. The van der Waals surface area contributed by atoms with E-state index >= 15 is 0 Å². The first kappa shape index (κ1) is 14.3. The molecule has 2 nitrogen and oxygen atoms in total. The maximum Gasteiger partial charge on any atom is 0.0600 e. The monoisotopic (exact) mass is 287 g/mol. The highest BCUT2D eigenvalue weighted by Gasteiger charge is 2.42. The van der Waals surface area contributed by atoms with Gasteiger partial charge in [0, 0.05) is 16.8 Å². The zero-order valence-electron chi connectivity index (χ0n) is 11.4. The van der Waals surface area contributed by atoms with Crippen molar-refractivity contribution in [2.45, 2.75) is 45.9 Å². The molecule has 1 saturated heterocycles. The number of hydrogen-bond donors (Lipinski definition) is 1. The van der Waals surface area contributed by atoms with Crippen LogP contribution in [0, 0.1) is 11.8 Å². The third kappa shape index (κ3) is 2.60. The Balaban J connectivity index is 2.28. The van der Waals surface area contributed by atoms with Crippen LogP contribution in [-0.2, 0) is 4.74 Å². The number of ether oxygens (including phenoxy) is 1. The fourth-order valence-corrected chi connectivity index (χ4v) is 4.33. The summed E-state index contributed by atoms with van der Waals surface area (Å²) < 4.78 is 5.97. The van der Waals surface area contributed by atoms with E-state index in [2.05, 4.69) is 38.4 Å². The highest BCUT2D eigenvalue weighted by Crippen LogP contribution is 2.43. The van der Waals surface area contributed by atoms with Gasteiger partial charge in [0.2, 0.25) is 0 Å². The molecule has 1 aromatic heterocycles. The number of hydrogen-bond acceptors (Lipinski definition) is 3. The van der Waals surface area contributed by atoms with Crippen molar-refractivity contribution in [1.82, 2.24) is 5.32 Å². The van der Waals surface area contributed by atoms with E-state index in [1.54, 1.807) is 11.3 Å². The van der Waals surface area contributed by atoms with Crippen molar-refractivity contribution in [2.75, 3.05) is 6.54 Å². The minimum atomic E-state index is 0.275. The summed E-state index contributed by atoms with van der Waals surface area (Å²) >= 11 is 8.05. The van der Waals surface area contributed by atoms with E-state index in [4.69, 9.17) is 16.3 Å². The van der Waals surface area contributed by atoms with Gasteiger partial charge in [-0.05, 0) is 37.8 Å². The minimum absolute atomic E-state index is 0.275. The van der Waals surface area contributed by atoms with Gasteiger partial charge in [-0.1, -0.05) is 25.4 Å². The maximum atomic E-state index is 6.31. The van der Waals surface area contributed by atoms with Gasteiger partial charge in [-0.3, -0.25) is 0 Å². The Morgan fingerprint density at radius 2 is 2.11 bits per heavy atom. The predicted octanol–water partition coefficient (Wildman–Crippen LogP) is 4.11. The van der Waals surface area contributed by atoms with Gasteiger partial charge >= 0.3 is 0 Å². The molecule has 2 heterocycles. The van der Waals surface area contributed by atoms with Crippen molar-refractivity contribution in [3.05, 3.63) is 21.3 Å². The molecule has 0 aliphatic carbocycles. The van der Waals surface area contributed by atoms with Crippen LogP contribution in [0.25, 0.3) is 0 Å². The molecule has 4 heteroatoms. The van der Waals surface area contributed by atoms with Crippen molar-refractivity contribution in [3.8, 4) is 0 Å². The molecule has 1 aliphatic rings. The molecule has 0 radical (unpaired) electrons. The molecule has 1 aromatic rings. The molecular weight excluding hydrogens is 266 g/mol. The second-order valence-electron chi connectivity index (χ2n) is 5.15. The van der Waals surface area contributed by atoms with Crippen LogP contribution in [0.5, 0.6) is 0 Å². The number of thiophene rings is 1. The molecule has 0 bridgehead atoms. The fourth-order valence-electron chi connectivity index (χ4n) is 3.02. The fraction of sp³-hybridized carbons (Fsp3) is 0.714. The van der Waals surface area contributed by atoms with Crippen LogP contribution in [0.4, 0.5) is 0 Å². The lowest BCUT2D eigenvalue weighted by molar-refractivity contribution is 0.0477. The van der Waals surface area contributed by atoms with Crippen molar-refractivity contribution >= 4 is 22.9 Å². The van der Waals surface area contributed by atoms with Crippen LogP contribution in [0.2, 0.25) is 5.02 Å². The molecule has 5 unspecified atom stereocenters. The molecule has 1 aliphatic heterocycles. The Hall–Kier alpha value is -0.0900. The zero-order chi connectivity index (χ0) is 13.3. The molecule has 1 fully saturated rings. The van der Waals surface area contributed by atoms with Gasteiger partial charge in [0.05, 0.1) is 17.2 Å². The maximum absolute atomic E-state index is 6.31. The molecule has 0 saturated carbocycles. The lowest BCUT2D eigenvalue weighted by atomic mass is 9.82. The molecule has 2 rings (SSSR count). The van der Waals surface area contributed by atoms with Crippen LogP contribution < -0.4 is 5.32 Å². The molecule has 18 heavy (non-hydrogen) atoms. The first-order valence-corrected chi connectivity index (χ1v) is 7.93. The van der Waals surface area contributed by atoms with Crippen molar-refractivity contribution < 1.29 is 4.74 Å². The normalized spacial score (nSPS) is 33.8. The highest BCUT2D eigenvalue weighted by molar-refractivity contribution is 7.10. The van der Waals surface area contributed by atoms with Crippen LogP contribution in [0.3, 0.4) is 0 Å². The molecule has 1 N–H and O–H groups in total. The van der Waals surface area contributed by atoms with E-state index in [0.717, 1.165) is 11.6 Å². The zero-order valence-corrected chi connectivity index (χ0v) is 13.0. The van der Waals surface area contributed by atoms with E-state index in [9.17, 15) is 0 Å². The smallest absolute Gasteiger partial charge is 0.0600 e. The Morgan fingerprint density at radius 1 is 1.39 bits per heavy atom. The largest absolute Gasteiger partial charge is 0.375 e. The van der Waals surface area contributed by atoms with E-state index in [0.29, 0.717) is 24.0 Å². The number of nitrogens with one attached hydrogen (secondary N) is 1. The third-order valence-corrected chi connectivity index (χ3v) is 5.50.